The van der Waals surface area contributed by atoms with Gasteiger partial charge < -0.3 is 11.1 Å². The van der Waals surface area contributed by atoms with E-state index >= 15 is 0 Å². The van der Waals surface area contributed by atoms with E-state index in [2.05, 4.69) is 47.3 Å². The zero-order chi connectivity index (χ0) is 13.0. The molecular weight excluding hydrogens is 224 g/mol. The summed E-state index contributed by atoms with van der Waals surface area (Å²) in [7, 11) is 0. The quantitative estimate of drug-likeness (QED) is 0.862. The Balaban J connectivity index is 2.29. The minimum atomic E-state index is 0.586. The highest BCUT2D eigenvalue weighted by molar-refractivity contribution is 5.63. The molecule has 0 spiro atoms. The summed E-state index contributed by atoms with van der Waals surface area (Å²) >= 11 is 0. The van der Waals surface area contributed by atoms with Crippen LogP contribution in [0.25, 0.3) is 11.3 Å². The van der Waals surface area contributed by atoms with Crippen molar-refractivity contribution in [1.29, 1.82) is 0 Å². The van der Waals surface area contributed by atoms with Crippen LogP contribution in [0.2, 0.25) is 0 Å². The molecule has 1 heterocycles. The van der Waals surface area contributed by atoms with Crippen molar-refractivity contribution in [1.82, 2.24) is 9.97 Å². The maximum absolute atomic E-state index is 5.46. The number of hydrogen-bond acceptors (Lipinski definition) is 4. The van der Waals surface area contributed by atoms with Gasteiger partial charge in [-0.3, -0.25) is 0 Å². The third kappa shape index (κ3) is 2.84. The minimum Gasteiger partial charge on any atom is -0.369 e. The number of anilines is 1. The van der Waals surface area contributed by atoms with Gasteiger partial charge in [-0.2, -0.15) is 0 Å². The Kier molecular flexibility index (Phi) is 3.89. The van der Waals surface area contributed by atoms with Gasteiger partial charge in [0.25, 0.3) is 0 Å². The molecular formula is C14H18N4. The highest BCUT2D eigenvalue weighted by Gasteiger charge is 2.03. The molecule has 0 saturated carbocycles. The molecule has 0 bridgehead atoms. The minimum absolute atomic E-state index is 0.586. The summed E-state index contributed by atoms with van der Waals surface area (Å²) in [4.78, 5) is 8.47. The zero-order valence-electron chi connectivity index (χ0n) is 10.8. The van der Waals surface area contributed by atoms with E-state index in [1.807, 2.05) is 6.07 Å². The van der Waals surface area contributed by atoms with E-state index in [9.17, 15) is 0 Å². The van der Waals surface area contributed by atoms with Crippen LogP contribution in [0.1, 0.15) is 11.1 Å². The normalized spacial score (nSPS) is 10.4. The molecule has 0 unspecified atom stereocenters. The summed E-state index contributed by atoms with van der Waals surface area (Å²) in [6.45, 7) is 5.51. The van der Waals surface area contributed by atoms with E-state index in [-0.39, 0.29) is 0 Å². The first-order chi connectivity index (χ1) is 8.70. The number of benzene rings is 1. The lowest BCUT2D eigenvalue weighted by molar-refractivity contribution is 1.00. The number of aryl methyl sites for hydroxylation is 2. The molecule has 4 nitrogen and oxygen atoms in total. The fourth-order valence-electron chi connectivity index (χ4n) is 1.71. The molecule has 4 heteroatoms. The maximum atomic E-state index is 5.46. The van der Waals surface area contributed by atoms with E-state index in [0.717, 1.165) is 17.1 Å². The molecule has 0 atom stereocenters. The maximum Gasteiger partial charge on any atom is 0.129 e. The zero-order valence-corrected chi connectivity index (χ0v) is 10.8. The van der Waals surface area contributed by atoms with Gasteiger partial charge in [0.05, 0.1) is 5.69 Å². The first-order valence-corrected chi connectivity index (χ1v) is 6.04. The molecule has 1 aromatic carbocycles. The lowest BCUT2D eigenvalue weighted by Crippen LogP contribution is -2.13. The molecule has 0 saturated heterocycles. The Morgan fingerprint density at radius 3 is 2.67 bits per heavy atom. The smallest absolute Gasteiger partial charge is 0.129 e. The molecule has 0 aliphatic carbocycles. The van der Waals surface area contributed by atoms with Gasteiger partial charge in [0.15, 0.2) is 0 Å². The molecule has 3 N–H and O–H groups in total. The Morgan fingerprint density at radius 2 is 1.94 bits per heavy atom. The van der Waals surface area contributed by atoms with Gasteiger partial charge in [-0.25, -0.2) is 9.97 Å². The number of nitrogens with two attached hydrogens (primary N) is 1. The third-order valence-electron chi connectivity index (χ3n) is 2.92. The van der Waals surface area contributed by atoms with Crippen LogP contribution in [0.5, 0.6) is 0 Å². The van der Waals surface area contributed by atoms with Crippen molar-refractivity contribution in [3.05, 3.63) is 41.7 Å². The second-order valence-electron chi connectivity index (χ2n) is 4.30. The molecule has 2 aromatic rings. The van der Waals surface area contributed by atoms with Crippen molar-refractivity contribution in [2.75, 3.05) is 18.4 Å². The van der Waals surface area contributed by atoms with Crippen LogP contribution in [-0.2, 0) is 0 Å². The van der Waals surface area contributed by atoms with Crippen molar-refractivity contribution in [3.63, 3.8) is 0 Å². The van der Waals surface area contributed by atoms with Gasteiger partial charge >= 0.3 is 0 Å². The summed E-state index contributed by atoms with van der Waals surface area (Å²) in [6.07, 6.45) is 1.57. The van der Waals surface area contributed by atoms with Crippen LogP contribution in [0.4, 0.5) is 5.82 Å². The average molecular weight is 242 g/mol. The summed E-state index contributed by atoms with van der Waals surface area (Å²) in [6, 6.07) is 8.28. The first kappa shape index (κ1) is 12.5. The molecule has 94 valence electrons. The van der Waals surface area contributed by atoms with Crippen LogP contribution in [0.15, 0.2) is 30.6 Å². The largest absolute Gasteiger partial charge is 0.369 e. The topological polar surface area (TPSA) is 63.8 Å². The Labute approximate surface area is 107 Å². The lowest BCUT2D eigenvalue weighted by atomic mass is 10.0. The van der Waals surface area contributed by atoms with Crippen molar-refractivity contribution >= 4 is 5.82 Å². The van der Waals surface area contributed by atoms with E-state index in [1.165, 1.54) is 11.1 Å². The molecule has 18 heavy (non-hydrogen) atoms. The van der Waals surface area contributed by atoms with Crippen molar-refractivity contribution < 1.29 is 0 Å². The first-order valence-electron chi connectivity index (χ1n) is 6.04. The molecule has 0 radical (unpaired) electrons. The van der Waals surface area contributed by atoms with Gasteiger partial charge in [0.1, 0.15) is 12.1 Å². The van der Waals surface area contributed by atoms with Gasteiger partial charge in [-0.1, -0.05) is 12.1 Å². The van der Waals surface area contributed by atoms with Gasteiger partial charge in [0.2, 0.25) is 0 Å². The van der Waals surface area contributed by atoms with Gasteiger partial charge in [-0.15, -0.1) is 0 Å². The summed E-state index contributed by atoms with van der Waals surface area (Å²) in [5.74, 6) is 0.809. The molecule has 1 aromatic heterocycles. The van der Waals surface area contributed by atoms with Gasteiger partial charge in [-0.05, 0) is 31.0 Å². The number of nitrogens with zero attached hydrogens (tertiary/aromatic N) is 2. The summed E-state index contributed by atoms with van der Waals surface area (Å²) < 4.78 is 0. The van der Waals surface area contributed by atoms with Crippen molar-refractivity contribution in [3.8, 4) is 11.3 Å². The van der Waals surface area contributed by atoms with Crippen LogP contribution in [0, 0.1) is 13.8 Å². The van der Waals surface area contributed by atoms with Crippen LogP contribution >= 0.6 is 0 Å². The average Bonchev–Trinajstić information content (AvgIpc) is 2.40. The predicted molar refractivity (Wildman–Crippen MR) is 74.5 cm³/mol. The monoisotopic (exact) mass is 242 g/mol. The van der Waals surface area contributed by atoms with E-state index in [4.69, 9.17) is 5.73 Å². The standard InChI is InChI=1S/C14H18N4/c1-10-3-4-12(7-11(10)2)13-8-14(16-6-5-15)18-9-17-13/h3-4,7-9H,5-6,15H2,1-2H3,(H,16,17,18). The second-order valence-corrected chi connectivity index (χ2v) is 4.30. The highest BCUT2D eigenvalue weighted by Crippen LogP contribution is 2.21. The Morgan fingerprint density at radius 1 is 1.11 bits per heavy atom. The molecule has 0 fully saturated rings. The molecule has 2 rings (SSSR count). The molecule has 0 aliphatic rings. The van der Waals surface area contributed by atoms with E-state index in [1.54, 1.807) is 6.33 Å². The van der Waals surface area contributed by atoms with Crippen LogP contribution in [0.3, 0.4) is 0 Å². The number of rotatable bonds is 4. The van der Waals surface area contributed by atoms with Crippen LogP contribution in [-0.4, -0.2) is 23.1 Å². The van der Waals surface area contributed by atoms with E-state index in [0.29, 0.717) is 13.1 Å². The SMILES string of the molecule is Cc1ccc(-c2cc(NCCN)ncn2)cc1C. The molecule has 0 amide bonds. The fourth-order valence-corrected chi connectivity index (χ4v) is 1.71. The van der Waals surface area contributed by atoms with Crippen molar-refractivity contribution in [2.45, 2.75) is 13.8 Å². The predicted octanol–water partition coefficient (Wildman–Crippen LogP) is 2.13. The molecule has 0 aliphatic heterocycles. The van der Waals surface area contributed by atoms with Gasteiger partial charge in [0, 0.05) is 24.7 Å². The van der Waals surface area contributed by atoms with Crippen LogP contribution < -0.4 is 11.1 Å². The lowest BCUT2D eigenvalue weighted by Gasteiger charge is -2.07. The summed E-state index contributed by atoms with van der Waals surface area (Å²) in [5.41, 5.74) is 10.0. The third-order valence-corrected chi connectivity index (χ3v) is 2.92. The fraction of sp³-hybridized carbons (Fsp3) is 0.286. The van der Waals surface area contributed by atoms with Crippen molar-refractivity contribution in [2.24, 2.45) is 5.73 Å². The number of aromatic nitrogens is 2. The number of nitrogens with one attached hydrogen (secondary N) is 1. The Bertz CT molecular complexity index is 537. The highest BCUT2D eigenvalue weighted by atomic mass is 15.0. The summed E-state index contributed by atoms with van der Waals surface area (Å²) in [5, 5.41) is 3.15. The van der Waals surface area contributed by atoms with E-state index < -0.39 is 0 Å². The Hall–Kier alpha value is -1.94. The number of hydrogen-bond donors (Lipinski definition) is 2. The second kappa shape index (κ2) is 5.60.